The highest BCUT2D eigenvalue weighted by atomic mass is 16.6. The van der Waals surface area contributed by atoms with Gasteiger partial charge >= 0.3 is 6.09 Å². The molecule has 0 bridgehead atoms. The molecule has 0 atom stereocenters. The number of carbonyl (C=O) groups is 2. The zero-order chi connectivity index (χ0) is 19.9. The minimum Gasteiger partial charge on any atom is -0.410 e. The third-order valence-electron chi connectivity index (χ3n) is 4.82. The molecule has 2 amide bonds. The molecule has 2 aromatic carbocycles. The molecule has 28 heavy (non-hydrogen) atoms. The van der Waals surface area contributed by atoms with Crippen molar-refractivity contribution in [3.63, 3.8) is 0 Å². The molecule has 1 heterocycles. The van der Waals surface area contributed by atoms with E-state index in [9.17, 15) is 9.59 Å². The van der Waals surface area contributed by atoms with Crippen LogP contribution in [0.5, 0.6) is 5.75 Å². The van der Waals surface area contributed by atoms with E-state index in [1.165, 1.54) is 10.5 Å². The minimum absolute atomic E-state index is 0.136. The molecule has 3 rings (SSSR count). The van der Waals surface area contributed by atoms with Crippen LogP contribution in [-0.4, -0.2) is 67.0 Å². The fourth-order valence-electron chi connectivity index (χ4n) is 3.15. The number of nitrogens with zero attached hydrogens (tertiary/aromatic N) is 3. The summed E-state index contributed by atoms with van der Waals surface area (Å²) in [5.74, 6) is 0.613. The standard InChI is InChI=1S/C22H27N3O3/c1-23(2)22(27)28-20-10-8-18(9-11-20)16-21(26)25-14-12-24(13-15-25)17-19-6-4-3-5-7-19/h3-11H,12-17H2,1-2H3. The van der Waals surface area contributed by atoms with Crippen LogP contribution >= 0.6 is 0 Å². The van der Waals surface area contributed by atoms with Crippen LogP contribution < -0.4 is 4.74 Å². The van der Waals surface area contributed by atoms with Gasteiger partial charge in [0, 0.05) is 46.8 Å². The van der Waals surface area contributed by atoms with Gasteiger partial charge in [0.25, 0.3) is 0 Å². The molecule has 1 saturated heterocycles. The monoisotopic (exact) mass is 381 g/mol. The van der Waals surface area contributed by atoms with Gasteiger partial charge < -0.3 is 14.5 Å². The lowest BCUT2D eigenvalue weighted by Gasteiger charge is -2.34. The van der Waals surface area contributed by atoms with E-state index in [0.717, 1.165) is 38.3 Å². The Labute approximate surface area is 166 Å². The number of carbonyl (C=O) groups excluding carboxylic acids is 2. The number of benzene rings is 2. The Morgan fingerprint density at radius 1 is 0.893 bits per heavy atom. The first-order chi connectivity index (χ1) is 13.5. The number of hydrogen-bond acceptors (Lipinski definition) is 4. The van der Waals surface area contributed by atoms with E-state index in [0.29, 0.717) is 12.2 Å². The third-order valence-corrected chi connectivity index (χ3v) is 4.82. The number of rotatable bonds is 5. The SMILES string of the molecule is CN(C)C(=O)Oc1ccc(CC(=O)N2CCN(Cc3ccccc3)CC2)cc1. The third kappa shape index (κ3) is 5.57. The van der Waals surface area contributed by atoms with Gasteiger partial charge in [-0.25, -0.2) is 4.79 Å². The summed E-state index contributed by atoms with van der Waals surface area (Å²) in [6, 6.07) is 17.5. The van der Waals surface area contributed by atoms with E-state index in [4.69, 9.17) is 4.74 Å². The Morgan fingerprint density at radius 2 is 1.54 bits per heavy atom. The van der Waals surface area contributed by atoms with Crippen LogP contribution in [0, 0.1) is 0 Å². The summed E-state index contributed by atoms with van der Waals surface area (Å²) >= 11 is 0. The Morgan fingerprint density at radius 3 is 2.14 bits per heavy atom. The van der Waals surface area contributed by atoms with Crippen molar-refractivity contribution in [2.24, 2.45) is 0 Å². The molecule has 0 unspecified atom stereocenters. The van der Waals surface area contributed by atoms with Crippen LogP contribution in [0.2, 0.25) is 0 Å². The lowest BCUT2D eigenvalue weighted by atomic mass is 10.1. The summed E-state index contributed by atoms with van der Waals surface area (Å²) in [7, 11) is 3.27. The van der Waals surface area contributed by atoms with E-state index < -0.39 is 6.09 Å². The van der Waals surface area contributed by atoms with Crippen LogP contribution in [-0.2, 0) is 17.8 Å². The second kappa shape index (κ2) is 9.37. The zero-order valence-electron chi connectivity index (χ0n) is 16.5. The molecule has 1 aliphatic rings. The minimum atomic E-state index is -0.419. The van der Waals surface area contributed by atoms with Crippen molar-refractivity contribution in [3.8, 4) is 5.75 Å². The summed E-state index contributed by atoms with van der Waals surface area (Å²) in [6.07, 6.45) is -0.0576. The first-order valence-electron chi connectivity index (χ1n) is 9.53. The normalized spacial score (nSPS) is 14.6. The summed E-state index contributed by atoms with van der Waals surface area (Å²) in [5, 5.41) is 0. The van der Waals surface area contributed by atoms with E-state index in [-0.39, 0.29) is 5.91 Å². The summed E-state index contributed by atoms with van der Waals surface area (Å²) in [4.78, 5) is 29.8. The second-order valence-electron chi connectivity index (χ2n) is 7.23. The van der Waals surface area contributed by atoms with Gasteiger partial charge in [-0.1, -0.05) is 42.5 Å². The van der Waals surface area contributed by atoms with Crippen LogP contribution in [0.25, 0.3) is 0 Å². The Bertz CT molecular complexity index is 782. The molecule has 6 nitrogen and oxygen atoms in total. The number of amides is 2. The molecule has 0 aromatic heterocycles. The topological polar surface area (TPSA) is 53.1 Å². The molecule has 2 aromatic rings. The van der Waals surface area contributed by atoms with Crippen molar-refractivity contribution in [3.05, 3.63) is 65.7 Å². The van der Waals surface area contributed by atoms with E-state index in [2.05, 4.69) is 29.2 Å². The van der Waals surface area contributed by atoms with Gasteiger partial charge in [-0.05, 0) is 23.3 Å². The van der Waals surface area contributed by atoms with Crippen LogP contribution in [0.4, 0.5) is 4.79 Å². The highest BCUT2D eigenvalue weighted by molar-refractivity contribution is 5.79. The highest BCUT2D eigenvalue weighted by Gasteiger charge is 2.21. The Kier molecular flexibility index (Phi) is 6.66. The van der Waals surface area contributed by atoms with Crippen LogP contribution in [0.15, 0.2) is 54.6 Å². The fourth-order valence-corrected chi connectivity index (χ4v) is 3.15. The van der Waals surface area contributed by atoms with Crippen molar-refractivity contribution in [1.82, 2.24) is 14.7 Å². The van der Waals surface area contributed by atoms with Crippen molar-refractivity contribution in [2.75, 3.05) is 40.3 Å². The number of piperazine rings is 1. The average Bonchev–Trinajstić information content (AvgIpc) is 2.70. The van der Waals surface area contributed by atoms with Gasteiger partial charge in [-0.15, -0.1) is 0 Å². The average molecular weight is 381 g/mol. The van der Waals surface area contributed by atoms with E-state index in [1.807, 2.05) is 23.1 Å². The lowest BCUT2D eigenvalue weighted by Crippen LogP contribution is -2.48. The first kappa shape index (κ1) is 19.9. The van der Waals surface area contributed by atoms with Gasteiger partial charge in [0.15, 0.2) is 0 Å². The fraction of sp³-hybridized carbons (Fsp3) is 0.364. The van der Waals surface area contributed by atoms with E-state index >= 15 is 0 Å². The first-order valence-corrected chi connectivity index (χ1v) is 9.53. The van der Waals surface area contributed by atoms with Crippen molar-refractivity contribution in [2.45, 2.75) is 13.0 Å². The largest absolute Gasteiger partial charge is 0.414 e. The summed E-state index contributed by atoms with van der Waals surface area (Å²) < 4.78 is 5.20. The molecule has 0 spiro atoms. The van der Waals surface area contributed by atoms with Gasteiger partial charge in [0.05, 0.1) is 6.42 Å². The number of hydrogen-bond donors (Lipinski definition) is 0. The molecule has 0 radical (unpaired) electrons. The highest BCUT2D eigenvalue weighted by Crippen LogP contribution is 2.15. The summed E-state index contributed by atoms with van der Waals surface area (Å²) in [5.41, 5.74) is 2.22. The summed E-state index contributed by atoms with van der Waals surface area (Å²) in [6.45, 7) is 4.21. The lowest BCUT2D eigenvalue weighted by molar-refractivity contribution is -0.132. The molecule has 6 heteroatoms. The van der Waals surface area contributed by atoms with Crippen LogP contribution in [0.3, 0.4) is 0 Å². The maximum Gasteiger partial charge on any atom is 0.414 e. The molecule has 1 fully saturated rings. The van der Waals surface area contributed by atoms with Crippen molar-refractivity contribution >= 4 is 12.0 Å². The molecule has 0 saturated carbocycles. The zero-order valence-corrected chi connectivity index (χ0v) is 16.5. The molecule has 0 aliphatic carbocycles. The molecule has 148 valence electrons. The van der Waals surface area contributed by atoms with Gasteiger partial charge in [-0.3, -0.25) is 9.69 Å². The van der Waals surface area contributed by atoms with E-state index in [1.54, 1.807) is 26.2 Å². The quantitative estimate of drug-likeness (QED) is 0.799. The Hall–Kier alpha value is -2.86. The predicted octanol–water partition coefficient (Wildman–Crippen LogP) is 2.63. The maximum absolute atomic E-state index is 12.6. The second-order valence-corrected chi connectivity index (χ2v) is 7.23. The predicted molar refractivity (Wildman–Crippen MR) is 108 cm³/mol. The Balaban J connectivity index is 1.46. The smallest absolute Gasteiger partial charge is 0.410 e. The van der Waals surface area contributed by atoms with Crippen LogP contribution in [0.1, 0.15) is 11.1 Å². The molecular weight excluding hydrogens is 354 g/mol. The molecule has 1 aliphatic heterocycles. The molecule has 0 N–H and O–H groups in total. The number of ether oxygens (including phenoxy) is 1. The van der Waals surface area contributed by atoms with Gasteiger partial charge in [0.1, 0.15) is 5.75 Å². The molecular formula is C22H27N3O3. The van der Waals surface area contributed by atoms with Gasteiger partial charge in [-0.2, -0.15) is 0 Å². The van der Waals surface area contributed by atoms with Crippen molar-refractivity contribution < 1.29 is 14.3 Å². The van der Waals surface area contributed by atoms with Crippen molar-refractivity contribution in [1.29, 1.82) is 0 Å². The maximum atomic E-state index is 12.6. The van der Waals surface area contributed by atoms with Gasteiger partial charge in [0.2, 0.25) is 5.91 Å².